The molecule has 1 heterocycles. The second-order valence-corrected chi connectivity index (χ2v) is 8.17. The third-order valence-electron chi connectivity index (χ3n) is 3.97. The third kappa shape index (κ3) is 5.04. The van der Waals surface area contributed by atoms with Gasteiger partial charge in [0.25, 0.3) is 15.9 Å². The topological polar surface area (TPSA) is 97.4 Å². The molecule has 150 valence electrons. The van der Waals surface area contributed by atoms with Gasteiger partial charge in [-0.15, -0.1) is 0 Å². The number of para-hydroxylation sites is 2. The zero-order valence-electron chi connectivity index (χ0n) is 15.6. The Bertz CT molecular complexity index is 1130. The Hall–Kier alpha value is -3.10. The van der Waals surface area contributed by atoms with Crippen LogP contribution in [0.2, 0.25) is 5.15 Å². The Morgan fingerprint density at radius 3 is 2.31 bits per heavy atom. The van der Waals surface area contributed by atoms with E-state index in [0.717, 1.165) is 0 Å². The molecule has 0 saturated carbocycles. The minimum atomic E-state index is -3.86. The molecule has 0 radical (unpaired) electrons. The molecule has 0 aliphatic carbocycles. The summed E-state index contributed by atoms with van der Waals surface area (Å²) in [6.45, 7) is 1.72. The first-order chi connectivity index (χ1) is 13.8. The molecule has 2 N–H and O–H groups in total. The molecular formula is C20H18ClN3O4S. The van der Waals surface area contributed by atoms with Gasteiger partial charge in [-0.25, -0.2) is 13.4 Å². The summed E-state index contributed by atoms with van der Waals surface area (Å²) >= 11 is 5.91. The number of amides is 1. The van der Waals surface area contributed by atoms with Crippen LogP contribution in [0.5, 0.6) is 5.75 Å². The predicted octanol–water partition coefficient (Wildman–Crippen LogP) is 4.11. The highest BCUT2D eigenvalue weighted by atomic mass is 35.5. The van der Waals surface area contributed by atoms with E-state index < -0.39 is 15.9 Å². The fourth-order valence-corrected chi connectivity index (χ4v) is 3.92. The summed E-state index contributed by atoms with van der Waals surface area (Å²) in [5.74, 6) is 0.108. The SMILES string of the molecule is COc1ccc(S(=O)(=O)Nc2ccccc2NC(=O)c2cc(C)nc(Cl)c2)cc1. The van der Waals surface area contributed by atoms with Crippen LogP contribution in [0.25, 0.3) is 0 Å². The highest BCUT2D eigenvalue weighted by Crippen LogP contribution is 2.26. The molecule has 1 aromatic heterocycles. The van der Waals surface area contributed by atoms with Crippen molar-refractivity contribution in [1.29, 1.82) is 0 Å². The molecule has 29 heavy (non-hydrogen) atoms. The lowest BCUT2D eigenvalue weighted by molar-refractivity contribution is 0.102. The van der Waals surface area contributed by atoms with E-state index in [0.29, 0.717) is 22.7 Å². The Kier molecular flexibility index (Phi) is 6.05. The highest BCUT2D eigenvalue weighted by Gasteiger charge is 2.17. The van der Waals surface area contributed by atoms with Crippen molar-refractivity contribution in [3.63, 3.8) is 0 Å². The van der Waals surface area contributed by atoms with E-state index in [-0.39, 0.29) is 15.7 Å². The lowest BCUT2D eigenvalue weighted by Gasteiger charge is -2.14. The van der Waals surface area contributed by atoms with Crippen molar-refractivity contribution in [3.8, 4) is 5.75 Å². The van der Waals surface area contributed by atoms with Crippen LogP contribution in [0, 0.1) is 6.92 Å². The van der Waals surface area contributed by atoms with E-state index in [2.05, 4.69) is 15.0 Å². The average Bonchev–Trinajstić information content (AvgIpc) is 2.68. The quantitative estimate of drug-likeness (QED) is 0.572. The molecule has 0 unspecified atom stereocenters. The molecule has 0 atom stereocenters. The van der Waals surface area contributed by atoms with Crippen LogP contribution in [0.1, 0.15) is 16.1 Å². The molecule has 2 aromatic carbocycles. The smallest absolute Gasteiger partial charge is 0.261 e. The molecule has 3 rings (SSSR count). The Morgan fingerprint density at radius 1 is 1.03 bits per heavy atom. The average molecular weight is 432 g/mol. The number of halogens is 1. The lowest BCUT2D eigenvalue weighted by atomic mass is 10.2. The van der Waals surface area contributed by atoms with E-state index in [1.54, 1.807) is 49.4 Å². The number of carbonyl (C=O) groups is 1. The minimum absolute atomic E-state index is 0.0657. The van der Waals surface area contributed by atoms with Crippen LogP contribution in [-0.2, 0) is 10.0 Å². The van der Waals surface area contributed by atoms with Crippen LogP contribution < -0.4 is 14.8 Å². The summed E-state index contributed by atoms with van der Waals surface area (Å²) < 4.78 is 33.0. The fourth-order valence-electron chi connectivity index (χ4n) is 2.59. The standard InChI is InChI=1S/C20H18ClN3O4S/c1-13-11-14(12-19(21)22-13)20(25)23-17-5-3-4-6-18(17)24-29(26,27)16-9-7-15(28-2)8-10-16/h3-12,24H,1-2H3,(H,23,25). The van der Waals surface area contributed by atoms with Crippen molar-refractivity contribution in [2.45, 2.75) is 11.8 Å². The molecule has 0 fully saturated rings. The summed E-state index contributed by atoms with van der Waals surface area (Å²) in [5, 5.41) is 2.90. The van der Waals surface area contributed by atoms with Crippen LogP contribution >= 0.6 is 11.6 Å². The van der Waals surface area contributed by atoms with Crippen molar-refractivity contribution >= 4 is 38.9 Å². The number of pyridine rings is 1. The van der Waals surface area contributed by atoms with Gasteiger partial charge in [0.15, 0.2) is 0 Å². The molecule has 9 heteroatoms. The molecule has 0 saturated heterocycles. The molecule has 3 aromatic rings. The Balaban J connectivity index is 1.85. The number of aryl methyl sites for hydroxylation is 1. The molecule has 1 amide bonds. The first-order valence-electron chi connectivity index (χ1n) is 8.50. The Labute approximate surface area is 173 Å². The van der Waals surface area contributed by atoms with Gasteiger partial charge in [0.2, 0.25) is 0 Å². The number of nitrogens with zero attached hydrogens (tertiary/aromatic N) is 1. The number of methoxy groups -OCH3 is 1. The summed E-state index contributed by atoms with van der Waals surface area (Å²) in [7, 11) is -2.36. The normalized spacial score (nSPS) is 11.0. The second-order valence-electron chi connectivity index (χ2n) is 6.10. The predicted molar refractivity (Wildman–Crippen MR) is 112 cm³/mol. The lowest BCUT2D eigenvalue weighted by Crippen LogP contribution is -2.17. The maximum absolute atomic E-state index is 12.7. The number of anilines is 2. The van der Waals surface area contributed by atoms with Gasteiger partial charge in [0.1, 0.15) is 10.9 Å². The van der Waals surface area contributed by atoms with Crippen molar-refractivity contribution in [2.24, 2.45) is 0 Å². The molecular weight excluding hydrogens is 414 g/mol. The van der Waals surface area contributed by atoms with Crippen LogP contribution in [0.4, 0.5) is 11.4 Å². The number of ether oxygens (including phenoxy) is 1. The molecule has 0 aliphatic heterocycles. The number of sulfonamides is 1. The van der Waals surface area contributed by atoms with E-state index in [1.807, 2.05) is 0 Å². The summed E-state index contributed by atoms with van der Waals surface area (Å²) in [5.41, 5.74) is 1.44. The van der Waals surface area contributed by atoms with Gasteiger partial charge in [-0.3, -0.25) is 9.52 Å². The van der Waals surface area contributed by atoms with Crippen LogP contribution in [0.15, 0.2) is 65.6 Å². The number of nitrogens with one attached hydrogen (secondary N) is 2. The van der Waals surface area contributed by atoms with E-state index >= 15 is 0 Å². The van der Waals surface area contributed by atoms with Crippen molar-refractivity contribution < 1.29 is 17.9 Å². The van der Waals surface area contributed by atoms with E-state index in [9.17, 15) is 13.2 Å². The van der Waals surface area contributed by atoms with Crippen molar-refractivity contribution in [3.05, 3.63) is 77.1 Å². The van der Waals surface area contributed by atoms with Crippen molar-refractivity contribution in [2.75, 3.05) is 17.1 Å². The van der Waals surface area contributed by atoms with Gasteiger partial charge < -0.3 is 10.1 Å². The number of hydrogen-bond donors (Lipinski definition) is 2. The number of benzene rings is 2. The van der Waals surface area contributed by atoms with Gasteiger partial charge >= 0.3 is 0 Å². The van der Waals surface area contributed by atoms with Crippen LogP contribution in [0.3, 0.4) is 0 Å². The summed E-state index contributed by atoms with van der Waals surface area (Å²) in [4.78, 5) is 16.7. The van der Waals surface area contributed by atoms with Gasteiger partial charge in [0, 0.05) is 11.3 Å². The summed E-state index contributed by atoms with van der Waals surface area (Å²) in [6, 6.07) is 15.5. The number of aromatic nitrogens is 1. The number of hydrogen-bond acceptors (Lipinski definition) is 5. The maximum atomic E-state index is 12.7. The van der Waals surface area contributed by atoms with Gasteiger partial charge in [-0.2, -0.15) is 0 Å². The highest BCUT2D eigenvalue weighted by molar-refractivity contribution is 7.92. The molecule has 0 spiro atoms. The minimum Gasteiger partial charge on any atom is -0.497 e. The molecule has 0 bridgehead atoms. The van der Waals surface area contributed by atoms with Gasteiger partial charge in [0.05, 0.1) is 23.4 Å². The van der Waals surface area contributed by atoms with Crippen molar-refractivity contribution in [1.82, 2.24) is 4.98 Å². The van der Waals surface area contributed by atoms with Gasteiger partial charge in [-0.05, 0) is 55.5 Å². The molecule has 7 nitrogen and oxygen atoms in total. The van der Waals surface area contributed by atoms with E-state index in [4.69, 9.17) is 16.3 Å². The third-order valence-corrected chi connectivity index (χ3v) is 5.55. The molecule has 0 aliphatic rings. The van der Waals surface area contributed by atoms with Gasteiger partial charge in [-0.1, -0.05) is 23.7 Å². The first kappa shape index (κ1) is 20.6. The fraction of sp³-hybridized carbons (Fsp3) is 0.100. The first-order valence-corrected chi connectivity index (χ1v) is 10.4. The largest absolute Gasteiger partial charge is 0.497 e. The van der Waals surface area contributed by atoms with Crippen LogP contribution in [-0.4, -0.2) is 26.4 Å². The summed E-state index contributed by atoms with van der Waals surface area (Å²) in [6.07, 6.45) is 0. The Morgan fingerprint density at radius 2 is 1.69 bits per heavy atom. The van der Waals surface area contributed by atoms with E-state index in [1.165, 1.54) is 25.3 Å². The zero-order chi connectivity index (χ0) is 21.0. The second kappa shape index (κ2) is 8.50. The monoisotopic (exact) mass is 431 g/mol. The number of carbonyl (C=O) groups excluding carboxylic acids is 1. The zero-order valence-corrected chi connectivity index (χ0v) is 17.2. The maximum Gasteiger partial charge on any atom is 0.261 e. The number of rotatable bonds is 6.